The lowest BCUT2D eigenvalue weighted by atomic mass is 10.2. The number of nitrogens with zero attached hydrogens (tertiary/aromatic N) is 2. The maximum Gasteiger partial charge on any atom is 0.0223 e. The summed E-state index contributed by atoms with van der Waals surface area (Å²) in [4.78, 5) is 2.42. The zero-order valence-electron chi connectivity index (χ0n) is 9.90. The fourth-order valence-corrected chi connectivity index (χ4v) is 2.27. The second-order valence-electron chi connectivity index (χ2n) is 4.79. The van der Waals surface area contributed by atoms with Crippen LogP contribution in [0, 0.1) is 0 Å². The summed E-state index contributed by atoms with van der Waals surface area (Å²) in [5, 5.41) is 3.62. The van der Waals surface area contributed by atoms with Crippen LogP contribution in [0.1, 0.15) is 18.9 Å². The van der Waals surface area contributed by atoms with E-state index < -0.39 is 0 Å². The Hall–Kier alpha value is -0.800. The molecule has 3 nitrogen and oxygen atoms in total. The molecule has 1 saturated heterocycles. The molecule has 84 valence electrons. The highest BCUT2D eigenvalue weighted by Crippen LogP contribution is 2.15. The van der Waals surface area contributed by atoms with E-state index in [1.165, 1.54) is 18.5 Å². The minimum absolute atomic E-state index is 0.658. The van der Waals surface area contributed by atoms with Crippen LogP contribution in [0.4, 0.5) is 0 Å². The molecule has 0 spiro atoms. The van der Waals surface area contributed by atoms with Crippen LogP contribution in [-0.4, -0.2) is 35.1 Å². The zero-order chi connectivity index (χ0) is 10.8. The van der Waals surface area contributed by atoms with Crippen LogP contribution >= 0.6 is 0 Å². The molecule has 2 rings (SSSR count). The summed E-state index contributed by atoms with van der Waals surface area (Å²) in [6.45, 7) is 4.46. The highest BCUT2D eigenvalue weighted by molar-refractivity contribution is 5.09. The average Bonchev–Trinajstić information content (AvgIpc) is 2.72. The average molecular weight is 207 g/mol. The molecule has 1 aromatic heterocycles. The Balaban J connectivity index is 1.79. The molecule has 0 amide bonds. The molecule has 1 aliphatic heterocycles. The van der Waals surface area contributed by atoms with Crippen molar-refractivity contribution in [2.75, 3.05) is 13.6 Å². The van der Waals surface area contributed by atoms with Crippen LogP contribution < -0.4 is 5.32 Å². The molecule has 0 aromatic carbocycles. The van der Waals surface area contributed by atoms with Gasteiger partial charge in [0.2, 0.25) is 0 Å². The first-order chi connectivity index (χ1) is 7.15. The van der Waals surface area contributed by atoms with Gasteiger partial charge in [0.1, 0.15) is 0 Å². The molecule has 1 aromatic rings. The van der Waals surface area contributed by atoms with E-state index in [0.717, 1.165) is 12.6 Å². The maximum absolute atomic E-state index is 3.62. The molecular weight excluding hydrogens is 186 g/mol. The molecule has 1 N–H and O–H groups in total. The third kappa shape index (κ3) is 2.61. The number of nitrogens with one attached hydrogen (secondary N) is 1. The van der Waals surface area contributed by atoms with Crippen LogP contribution in [0.5, 0.6) is 0 Å². The van der Waals surface area contributed by atoms with Gasteiger partial charge >= 0.3 is 0 Å². The smallest absolute Gasteiger partial charge is 0.0223 e. The normalized spacial score (nSPS) is 27.4. The summed E-state index contributed by atoms with van der Waals surface area (Å²) < 4.78 is 2.10. The Bertz CT molecular complexity index is 308. The SMILES string of the molecule is CC1CC(NCc2ccn(C)c2)CN1C. The summed E-state index contributed by atoms with van der Waals surface area (Å²) in [5.41, 5.74) is 1.37. The van der Waals surface area contributed by atoms with E-state index in [1.807, 2.05) is 0 Å². The minimum atomic E-state index is 0.658. The monoisotopic (exact) mass is 207 g/mol. The lowest BCUT2D eigenvalue weighted by molar-refractivity contribution is 0.326. The van der Waals surface area contributed by atoms with Gasteiger partial charge in [-0.05, 0) is 32.0 Å². The van der Waals surface area contributed by atoms with E-state index in [-0.39, 0.29) is 0 Å². The first-order valence-corrected chi connectivity index (χ1v) is 5.69. The summed E-state index contributed by atoms with van der Waals surface area (Å²) >= 11 is 0. The lowest BCUT2D eigenvalue weighted by Gasteiger charge is -2.13. The standard InChI is InChI=1S/C12H21N3/c1-10-6-12(9-15(10)3)13-7-11-4-5-14(2)8-11/h4-5,8,10,12-13H,6-7,9H2,1-3H3. The molecule has 1 fully saturated rings. The van der Waals surface area contributed by atoms with Gasteiger partial charge in [-0.25, -0.2) is 0 Å². The number of likely N-dealkylation sites (N-methyl/N-ethyl adjacent to an activating group) is 1. The van der Waals surface area contributed by atoms with Crippen molar-refractivity contribution in [3.63, 3.8) is 0 Å². The van der Waals surface area contributed by atoms with Crippen LogP contribution in [0.15, 0.2) is 18.5 Å². The van der Waals surface area contributed by atoms with Crippen molar-refractivity contribution in [2.45, 2.75) is 32.0 Å². The topological polar surface area (TPSA) is 20.2 Å². The van der Waals surface area contributed by atoms with Gasteiger partial charge in [0.25, 0.3) is 0 Å². The number of hydrogen-bond acceptors (Lipinski definition) is 2. The Morgan fingerprint density at radius 3 is 2.80 bits per heavy atom. The number of aromatic nitrogens is 1. The molecule has 0 saturated carbocycles. The van der Waals surface area contributed by atoms with Gasteiger partial charge in [0.15, 0.2) is 0 Å². The number of aryl methyl sites for hydroxylation is 1. The van der Waals surface area contributed by atoms with Gasteiger partial charge in [0.05, 0.1) is 0 Å². The van der Waals surface area contributed by atoms with Crippen LogP contribution in [0.3, 0.4) is 0 Å². The fraction of sp³-hybridized carbons (Fsp3) is 0.667. The lowest BCUT2D eigenvalue weighted by Crippen LogP contribution is -2.30. The van der Waals surface area contributed by atoms with Crippen LogP contribution in [-0.2, 0) is 13.6 Å². The second kappa shape index (κ2) is 4.37. The summed E-state index contributed by atoms with van der Waals surface area (Å²) in [6.07, 6.45) is 5.54. The molecule has 3 heteroatoms. The summed E-state index contributed by atoms with van der Waals surface area (Å²) in [5.74, 6) is 0. The van der Waals surface area contributed by atoms with Crippen LogP contribution in [0.25, 0.3) is 0 Å². The van der Waals surface area contributed by atoms with E-state index in [0.29, 0.717) is 6.04 Å². The highest BCUT2D eigenvalue weighted by Gasteiger charge is 2.25. The predicted molar refractivity (Wildman–Crippen MR) is 62.7 cm³/mol. The third-order valence-corrected chi connectivity index (χ3v) is 3.37. The molecule has 2 atom stereocenters. The molecule has 0 aliphatic carbocycles. The van der Waals surface area contributed by atoms with Crippen LogP contribution in [0.2, 0.25) is 0 Å². The van der Waals surface area contributed by atoms with Crippen molar-refractivity contribution in [3.05, 3.63) is 24.0 Å². The molecule has 1 aliphatic rings. The first kappa shape index (κ1) is 10.7. The molecule has 2 heterocycles. The highest BCUT2D eigenvalue weighted by atomic mass is 15.2. The molecule has 0 radical (unpaired) electrons. The van der Waals surface area contributed by atoms with E-state index >= 15 is 0 Å². The third-order valence-electron chi connectivity index (χ3n) is 3.37. The van der Waals surface area contributed by atoms with E-state index in [4.69, 9.17) is 0 Å². The molecule has 2 unspecified atom stereocenters. The van der Waals surface area contributed by atoms with Crippen molar-refractivity contribution < 1.29 is 0 Å². The van der Waals surface area contributed by atoms with Gasteiger partial charge in [-0.1, -0.05) is 0 Å². The second-order valence-corrected chi connectivity index (χ2v) is 4.79. The quantitative estimate of drug-likeness (QED) is 0.804. The van der Waals surface area contributed by atoms with Crippen molar-refractivity contribution in [2.24, 2.45) is 7.05 Å². The number of likely N-dealkylation sites (tertiary alicyclic amines) is 1. The predicted octanol–water partition coefficient (Wildman–Crippen LogP) is 1.21. The summed E-state index contributed by atoms with van der Waals surface area (Å²) in [7, 11) is 4.27. The zero-order valence-corrected chi connectivity index (χ0v) is 9.90. The van der Waals surface area contributed by atoms with Crippen molar-refractivity contribution in [3.8, 4) is 0 Å². The maximum atomic E-state index is 3.62. The van der Waals surface area contributed by atoms with Gasteiger partial charge in [-0.2, -0.15) is 0 Å². The van der Waals surface area contributed by atoms with Crippen molar-refractivity contribution >= 4 is 0 Å². The van der Waals surface area contributed by atoms with Gasteiger partial charge in [-0.3, -0.25) is 0 Å². The van der Waals surface area contributed by atoms with Crippen molar-refractivity contribution in [1.82, 2.24) is 14.8 Å². The van der Waals surface area contributed by atoms with E-state index in [1.54, 1.807) is 0 Å². The van der Waals surface area contributed by atoms with Crippen molar-refractivity contribution in [1.29, 1.82) is 0 Å². The van der Waals surface area contributed by atoms with Gasteiger partial charge in [0, 0.05) is 44.6 Å². The Morgan fingerprint density at radius 1 is 1.47 bits per heavy atom. The Labute approximate surface area is 92.1 Å². The molecular formula is C12H21N3. The first-order valence-electron chi connectivity index (χ1n) is 5.69. The van der Waals surface area contributed by atoms with Gasteiger partial charge in [-0.15, -0.1) is 0 Å². The summed E-state index contributed by atoms with van der Waals surface area (Å²) in [6, 6.07) is 3.55. The van der Waals surface area contributed by atoms with E-state index in [2.05, 4.69) is 54.3 Å². The fourth-order valence-electron chi connectivity index (χ4n) is 2.27. The van der Waals surface area contributed by atoms with Gasteiger partial charge < -0.3 is 14.8 Å². The Kier molecular flexibility index (Phi) is 3.12. The molecule has 0 bridgehead atoms. The minimum Gasteiger partial charge on any atom is -0.357 e. The number of hydrogen-bond donors (Lipinski definition) is 1. The Morgan fingerprint density at radius 2 is 2.27 bits per heavy atom. The van der Waals surface area contributed by atoms with E-state index in [9.17, 15) is 0 Å². The number of rotatable bonds is 3. The largest absolute Gasteiger partial charge is 0.357 e. The molecule has 15 heavy (non-hydrogen) atoms.